The summed E-state index contributed by atoms with van der Waals surface area (Å²) in [5, 5.41) is 3.54. The van der Waals surface area contributed by atoms with Crippen molar-refractivity contribution < 1.29 is 0 Å². The molecule has 1 N–H and O–H groups in total. The SMILES string of the molecule is C=C(/C=C1\C(=C)c2ccccc2C12c1ccccc1-c1ccccc12)Nc1ccc(-c2ccccc2)cc1. The van der Waals surface area contributed by atoms with E-state index in [4.69, 9.17) is 0 Å². The van der Waals surface area contributed by atoms with Crippen LogP contribution in [-0.4, -0.2) is 0 Å². The highest BCUT2D eigenvalue weighted by atomic mass is 14.9. The van der Waals surface area contributed by atoms with Crippen molar-refractivity contribution in [1.82, 2.24) is 0 Å². The van der Waals surface area contributed by atoms with Crippen LogP contribution in [0.2, 0.25) is 0 Å². The number of anilines is 1. The summed E-state index contributed by atoms with van der Waals surface area (Å²) in [6.07, 6.45) is 2.20. The molecule has 2 aliphatic rings. The van der Waals surface area contributed by atoms with E-state index in [-0.39, 0.29) is 0 Å². The van der Waals surface area contributed by atoms with Crippen molar-refractivity contribution in [2.24, 2.45) is 0 Å². The molecule has 0 heterocycles. The molecule has 0 fully saturated rings. The van der Waals surface area contributed by atoms with Crippen LogP contribution in [0.1, 0.15) is 22.3 Å². The zero-order chi connectivity index (χ0) is 25.7. The second kappa shape index (κ2) is 8.61. The maximum Gasteiger partial charge on any atom is 0.0726 e. The molecule has 1 nitrogen and oxygen atoms in total. The minimum absolute atomic E-state index is 0.414. The van der Waals surface area contributed by atoms with Gasteiger partial charge in [0.05, 0.1) is 5.41 Å². The molecule has 180 valence electrons. The summed E-state index contributed by atoms with van der Waals surface area (Å²) in [6.45, 7) is 9.04. The first-order valence-corrected chi connectivity index (χ1v) is 13.0. The number of allylic oxidation sites excluding steroid dienone is 3. The number of hydrogen-bond donors (Lipinski definition) is 1. The minimum atomic E-state index is -0.414. The normalized spacial score (nSPS) is 15.3. The molecular weight excluding hydrogens is 458 g/mol. The summed E-state index contributed by atoms with van der Waals surface area (Å²) in [7, 11) is 0. The van der Waals surface area contributed by atoms with E-state index in [1.165, 1.54) is 50.1 Å². The first-order valence-electron chi connectivity index (χ1n) is 13.0. The monoisotopic (exact) mass is 485 g/mol. The summed E-state index contributed by atoms with van der Waals surface area (Å²) in [4.78, 5) is 0. The Balaban J connectivity index is 1.33. The van der Waals surface area contributed by atoms with Gasteiger partial charge in [0.2, 0.25) is 0 Å². The molecule has 0 radical (unpaired) electrons. The Labute approximate surface area is 224 Å². The Morgan fingerprint density at radius 1 is 0.553 bits per heavy atom. The maximum absolute atomic E-state index is 4.61. The van der Waals surface area contributed by atoms with Crippen LogP contribution >= 0.6 is 0 Å². The van der Waals surface area contributed by atoms with Crippen LogP contribution < -0.4 is 5.32 Å². The van der Waals surface area contributed by atoms with Crippen molar-refractivity contribution in [2.45, 2.75) is 5.41 Å². The maximum atomic E-state index is 4.61. The van der Waals surface area contributed by atoms with Gasteiger partial charge >= 0.3 is 0 Å². The van der Waals surface area contributed by atoms with Crippen LogP contribution in [0, 0.1) is 0 Å². The number of nitrogens with one attached hydrogen (secondary N) is 1. The quantitative estimate of drug-likeness (QED) is 0.267. The molecule has 5 aromatic rings. The van der Waals surface area contributed by atoms with E-state index >= 15 is 0 Å². The van der Waals surface area contributed by atoms with Crippen LogP contribution in [-0.2, 0) is 5.41 Å². The highest BCUT2D eigenvalue weighted by Crippen LogP contribution is 2.63. The summed E-state index contributed by atoms with van der Waals surface area (Å²) >= 11 is 0. The summed E-state index contributed by atoms with van der Waals surface area (Å²) in [5.74, 6) is 0. The summed E-state index contributed by atoms with van der Waals surface area (Å²) in [5.41, 5.74) is 13.7. The number of hydrogen-bond acceptors (Lipinski definition) is 1. The van der Waals surface area contributed by atoms with Gasteiger partial charge < -0.3 is 5.32 Å². The molecule has 0 saturated carbocycles. The first kappa shape index (κ1) is 22.3. The third kappa shape index (κ3) is 3.19. The zero-order valence-electron chi connectivity index (χ0n) is 21.1. The van der Waals surface area contributed by atoms with Gasteiger partial charge in [-0.05, 0) is 73.9 Å². The van der Waals surface area contributed by atoms with Gasteiger partial charge in [-0.25, -0.2) is 0 Å². The number of fused-ring (bicyclic) bond motifs is 7. The van der Waals surface area contributed by atoms with E-state index < -0.39 is 5.41 Å². The third-order valence-electron chi connectivity index (χ3n) is 7.95. The van der Waals surface area contributed by atoms with Crippen molar-refractivity contribution in [1.29, 1.82) is 0 Å². The van der Waals surface area contributed by atoms with Crippen LogP contribution in [0.5, 0.6) is 0 Å². The second-order valence-electron chi connectivity index (χ2n) is 10.0. The Hall–Kier alpha value is -4.88. The predicted octanol–water partition coefficient (Wildman–Crippen LogP) is 9.25. The molecule has 1 spiro atoms. The highest BCUT2D eigenvalue weighted by Gasteiger charge is 2.52. The molecule has 0 saturated heterocycles. The summed E-state index contributed by atoms with van der Waals surface area (Å²) < 4.78 is 0. The van der Waals surface area contributed by atoms with Gasteiger partial charge in [0.15, 0.2) is 0 Å². The van der Waals surface area contributed by atoms with Gasteiger partial charge in [0, 0.05) is 11.4 Å². The van der Waals surface area contributed by atoms with Crippen molar-refractivity contribution >= 4 is 11.3 Å². The molecule has 7 rings (SSSR count). The van der Waals surface area contributed by atoms with E-state index in [9.17, 15) is 0 Å². The molecule has 0 unspecified atom stereocenters. The van der Waals surface area contributed by atoms with Crippen LogP contribution in [0.25, 0.3) is 27.8 Å². The molecule has 5 aromatic carbocycles. The van der Waals surface area contributed by atoms with Crippen LogP contribution in [0.3, 0.4) is 0 Å². The van der Waals surface area contributed by atoms with Gasteiger partial charge in [0.25, 0.3) is 0 Å². The molecular formula is C37H27N. The number of rotatable bonds is 4. The lowest BCUT2D eigenvalue weighted by molar-refractivity contribution is 0.794. The van der Waals surface area contributed by atoms with E-state index in [0.717, 1.165) is 17.0 Å². The predicted molar refractivity (Wildman–Crippen MR) is 160 cm³/mol. The fourth-order valence-corrected chi connectivity index (χ4v) is 6.37. The summed E-state index contributed by atoms with van der Waals surface area (Å²) in [6, 6.07) is 45.3. The molecule has 1 heteroatoms. The van der Waals surface area contributed by atoms with E-state index in [2.05, 4.69) is 146 Å². The average molecular weight is 486 g/mol. The van der Waals surface area contributed by atoms with E-state index in [0.29, 0.717) is 0 Å². The van der Waals surface area contributed by atoms with Gasteiger partial charge in [-0.2, -0.15) is 0 Å². The third-order valence-corrected chi connectivity index (χ3v) is 7.95. The molecule has 0 aliphatic heterocycles. The average Bonchev–Trinajstić information content (AvgIpc) is 3.40. The van der Waals surface area contributed by atoms with Gasteiger partial charge in [-0.3, -0.25) is 0 Å². The lowest BCUT2D eigenvalue weighted by atomic mass is 9.70. The van der Waals surface area contributed by atoms with Crippen molar-refractivity contribution in [3.05, 3.63) is 180 Å². The molecule has 0 atom stereocenters. The largest absolute Gasteiger partial charge is 0.356 e. The van der Waals surface area contributed by atoms with Crippen molar-refractivity contribution in [2.75, 3.05) is 5.32 Å². The lowest BCUT2D eigenvalue weighted by Gasteiger charge is -2.31. The fourth-order valence-electron chi connectivity index (χ4n) is 6.37. The highest BCUT2D eigenvalue weighted by molar-refractivity contribution is 5.99. The Bertz CT molecular complexity index is 1710. The second-order valence-corrected chi connectivity index (χ2v) is 10.0. The minimum Gasteiger partial charge on any atom is -0.356 e. The first-order chi connectivity index (χ1) is 18.7. The molecule has 0 aromatic heterocycles. The Morgan fingerprint density at radius 3 is 1.63 bits per heavy atom. The standard InChI is InChI=1S/C37H27N/c1-25(38-29-22-20-28(21-23-29)27-12-4-3-5-13-27)24-36-26(2)30-14-6-9-17-33(30)37(36)34-18-10-7-15-31(34)32-16-8-11-19-35(32)37/h3-24,38H,1-2H2/b36-24+. The zero-order valence-corrected chi connectivity index (χ0v) is 21.1. The Kier molecular flexibility index (Phi) is 5.06. The van der Waals surface area contributed by atoms with Crippen molar-refractivity contribution in [3.63, 3.8) is 0 Å². The van der Waals surface area contributed by atoms with E-state index in [1.54, 1.807) is 0 Å². The smallest absolute Gasteiger partial charge is 0.0726 e. The topological polar surface area (TPSA) is 12.0 Å². The molecule has 0 amide bonds. The van der Waals surface area contributed by atoms with Gasteiger partial charge in [-0.15, -0.1) is 0 Å². The molecule has 2 aliphatic carbocycles. The van der Waals surface area contributed by atoms with Crippen LogP contribution in [0.15, 0.2) is 158 Å². The number of benzene rings is 5. The van der Waals surface area contributed by atoms with Gasteiger partial charge in [0.1, 0.15) is 0 Å². The lowest BCUT2D eigenvalue weighted by Crippen LogP contribution is -2.26. The molecule has 0 bridgehead atoms. The van der Waals surface area contributed by atoms with Crippen molar-refractivity contribution in [3.8, 4) is 22.3 Å². The van der Waals surface area contributed by atoms with Crippen LogP contribution in [0.4, 0.5) is 5.69 Å². The van der Waals surface area contributed by atoms with E-state index in [1.807, 2.05) is 6.07 Å². The Morgan fingerprint density at radius 2 is 1.03 bits per heavy atom. The molecule has 38 heavy (non-hydrogen) atoms. The van der Waals surface area contributed by atoms with Gasteiger partial charge in [-0.1, -0.05) is 128 Å². The fraction of sp³-hybridized carbons (Fsp3) is 0.0270.